The van der Waals surface area contributed by atoms with Crippen molar-refractivity contribution in [2.75, 3.05) is 25.1 Å². The summed E-state index contributed by atoms with van der Waals surface area (Å²) < 4.78 is 7.68. The third-order valence-corrected chi connectivity index (χ3v) is 6.58. The van der Waals surface area contributed by atoms with Gasteiger partial charge in [0.05, 0.1) is 11.9 Å². The number of hydrogen-bond donors (Lipinski definition) is 1. The Kier molecular flexibility index (Phi) is 5.80. The molecule has 0 spiro atoms. The number of anilines is 1. The molecule has 1 aliphatic heterocycles. The predicted octanol–water partition coefficient (Wildman–Crippen LogP) is 3.78. The number of methoxy groups -OCH3 is 1. The first-order valence-electron chi connectivity index (χ1n) is 10.9. The molecule has 1 aliphatic carbocycles. The van der Waals surface area contributed by atoms with E-state index in [0.29, 0.717) is 11.7 Å². The van der Waals surface area contributed by atoms with E-state index in [2.05, 4.69) is 37.9 Å². The normalized spacial score (nSPS) is 28.2. The van der Waals surface area contributed by atoms with E-state index in [-0.39, 0.29) is 6.04 Å². The van der Waals surface area contributed by atoms with E-state index in [0.717, 1.165) is 36.6 Å². The smallest absolute Gasteiger partial charge is 0.185 e. The third-order valence-electron chi connectivity index (χ3n) is 6.58. The van der Waals surface area contributed by atoms with Crippen LogP contribution in [0.2, 0.25) is 0 Å². The molecule has 0 amide bonds. The number of aromatic nitrogens is 3. The second-order valence-electron chi connectivity index (χ2n) is 8.88. The van der Waals surface area contributed by atoms with E-state index in [9.17, 15) is 0 Å². The number of ether oxygens (including phenoxy) is 1. The minimum Gasteiger partial charge on any atom is -0.370 e. The molecular weight excluding hydrogens is 374 g/mol. The summed E-state index contributed by atoms with van der Waals surface area (Å²) >= 11 is 0. The maximum atomic E-state index is 6.33. The van der Waals surface area contributed by atoms with Gasteiger partial charge in [0.2, 0.25) is 0 Å². The SMILES string of the molecule is COC1(c2nc3c(C)cc(N4CCC(C)C4)cn3n2)CC(C)C1N.c1ccccc1. The fourth-order valence-corrected chi connectivity index (χ4v) is 4.63. The number of nitrogens with zero attached hydrogens (tertiary/aromatic N) is 4. The quantitative estimate of drug-likeness (QED) is 0.716. The van der Waals surface area contributed by atoms with Crippen LogP contribution in [0.4, 0.5) is 5.69 Å². The van der Waals surface area contributed by atoms with Crippen LogP contribution in [0.1, 0.15) is 38.1 Å². The molecule has 2 aromatic heterocycles. The van der Waals surface area contributed by atoms with Crippen LogP contribution in [0, 0.1) is 18.8 Å². The van der Waals surface area contributed by atoms with Crippen molar-refractivity contribution in [2.24, 2.45) is 17.6 Å². The molecule has 4 unspecified atom stereocenters. The minimum absolute atomic E-state index is 0.0564. The zero-order chi connectivity index (χ0) is 21.3. The maximum absolute atomic E-state index is 6.33. The number of benzene rings is 1. The first kappa shape index (κ1) is 20.8. The van der Waals surface area contributed by atoms with Gasteiger partial charge in [0.15, 0.2) is 11.5 Å². The van der Waals surface area contributed by atoms with Crippen LogP contribution < -0.4 is 10.6 Å². The lowest BCUT2D eigenvalue weighted by Gasteiger charge is -2.49. The second-order valence-corrected chi connectivity index (χ2v) is 8.88. The maximum Gasteiger partial charge on any atom is 0.185 e. The molecule has 1 saturated heterocycles. The Morgan fingerprint density at radius 3 is 2.30 bits per heavy atom. The lowest BCUT2D eigenvalue weighted by molar-refractivity contribution is -0.132. The second kappa shape index (κ2) is 8.36. The van der Waals surface area contributed by atoms with Gasteiger partial charge in [-0.3, -0.25) is 0 Å². The zero-order valence-electron chi connectivity index (χ0n) is 18.5. The highest BCUT2D eigenvalue weighted by Crippen LogP contribution is 2.46. The van der Waals surface area contributed by atoms with Crippen LogP contribution >= 0.6 is 0 Å². The molecular formula is C24H33N5O. The van der Waals surface area contributed by atoms with E-state index in [1.807, 2.05) is 40.9 Å². The molecule has 4 atom stereocenters. The van der Waals surface area contributed by atoms with Gasteiger partial charge >= 0.3 is 0 Å². The van der Waals surface area contributed by atoms with Gasteiger partial charge in [-0.1, -0.05) is 50.2 Å². The van der Waals surface area contributed by atoms with Crippen LogP contribution in [-0.4, -0.2) is 40.8 Å². The number of aryl methyl sites for hydroxylation is 1. The summed E-state index contributed by atoms with van der Waals surface area (Å²) in [4.78, 5) is 7.21. The van der Waals surface area contributed by atoms with Gasteiger partial charge in [-0.2, -0.15) is 0 Å². The van der Waals surface area contributed by atoms with E-state index >= 15 is 0 Å². The van der Waals surface area contributed by atoms with Crippen LogP contribution in [-0.2, 0) is 10.3 Å². The minimum atomic E-state index is -0.541. The van der Waals surface area contributed by atoms with E-state index in [4.69, 9.17) is 20.6 Å². The summed E-state index contributed by atoms with van der Waals surface area (Å²) in [7, 11) is 1.71. The monoisotopic (exact) mass is 407 g/mol. The molecule has 30 heavy (non-hydrogen) atoms. The predicted molar refractivity (Wildman–Crippen MR) is 121 cm³/mol. The van der Waals surface area contributed by atoms with Crippen molar-refractivity contribution in [1.82, 2.24) is 14.6 Å². The van der Waals surface area contributed by atoms with Crippen LogP contribution in [0.15, 0.2) is 48.7 Å². The van der Waals surface area contributed by atoms with Crippen molar-refractivity contribution >= 4 is 11.3 Å². The Morgan fingerprint density at radius 2 is 1.80 bits per heavy atom. The Balaban J connectivity index is 0.000000313. The number of fused-ring (bicyclic) bond motifs is 1. The van der Waals surface area contributed by atoms with E-state index in [1.54, 1.807) is 7.11 Å². The topological polar surface area (TPSA) is 68.7 Å². The summed E-state index contributed by atoms with van der Waals surface area (Å²) in [6.07, 6.45) is 4.21. The van der Waals surface area contributed by atoms with Crippen molar-refractivity contribution in [2.45, 2.75) is 45.3 Å². The molecule has 3 aromatic rings. The van der Waals surface area contributed by atoms with E-state index in [1.165, 1.54) is 12.1 Å². The summed E-state index contributed by atoms with van der Waals surface area (Å²) in [5.74, 6) is 1.89. The highest BCUT2D eigenvalue weighted by Gasteiger charge is 2.54. The molecule has 0 radical (unpaired) electrons. The first-order valence-corrected chi connectivity index (χ1v) is 10.9. The van der Waals surface area contributed by atoms with Crippen molar-refractivity contribution in [1.29, 1.82) is 0 Å². The Hall–Kier alpha value is -2.44. The van der Waals surface area contributed by atoms with Gasteiger partial charge in [0.25, 0.3) is 0 Å². The molecule has 6 nitrogen and oxygen atoms in total. The zero-order valence-corrected chi connectivity index (χ0v) is 18.5. The Morgan fingerprint density at radius 1 is 1.13 bits per heavy atom. The average Bonchev–Trinajstić information content (AvgIpc) is 3.40. The van der Waals surface area contributed by atoms with Crippen LogP contribution in [0.5, 0.6) is 0 Å². The number of pyridine rings is 1. The average molecular weight is 408 g/mol. The molecule has 2 fully saturated rings. The summed E-state index contributed by atoms with van der Waals surface area (Å²) in [6, 6.07) is 14.2. The van der Waals surface area contributed by atoms with Crippen molar-refractivity contribution in [3.8, 4) is 0 Å². The number of hydrogen-bond acceptors (Lipinski definition) is 5. The summed E-state index contributed by atoms with van der Waals surface area (Å²) in [5.41, 5.74) is 9.04. The highest BCUT2D eigenvalue weighted by atomic mass is 16.5. The van der Waals surface area contributed by atoms with Gasteiger partial charge in [-0.25, -0.2) is 9.50 Å². The molecule has 5 rings (SSSR count). The molecule has 160 valence electrons. The molecule has 1 saturated carbocycles. The fourth-order valence-electron chi connectivity index (χ4n) is 4.63. The third kappa shape index (κ3) is 3.70. The van der Waals surface area contributed by atoms with Crippen molar-refractivity contribution in [3.63, 3.8) is 0 Å². The highest BCUT2D eigenvalue weighted by molar-refractivity contribution is 5.57. The first-order chi connectivity index (χ1) is 14.4. The van der Waals surface area contributed by atoms with Gasteiger partial charge < -0.3 is 15.4 Å². The van der Waals surface area contributed by atoms with Gasteiger partial charge in [-0.05, 0) is 43.2 Å². The van der Waals surface area contributed by atoms with Crippen LogP contribution in [0.25, 0.3) is 5.65 Å². The lowest BCUT2D eigenvalue weighted by Crippen LogP contribution is -2.61. The fraction of sp³-hybridized carbons (Fsp3) is 0.500. The molecule has 2 N–H and O–H groups in total. The molecule has 3 heterocycles. The van der Waals surface area contributed by atoms with Gasteiger partial charge in [0.1, 0.15) is 5.60 Å². The largest absolute Gasteiger partial charge is 0.370 e. The molecule has 2 aliphatic rings. The summed E-state index contributed by atoms with van der Waals surface area (Å²) in [6.45, 7) is 8.77. The lowest BCUT2D eigenvalue weighted by atomic mass is 9.66. The summed E-state index contributed by atoms with van der Waals surface area (Å²) in [5, 5.41) is 4.75. The van der Waals surface area contributed by atoms with E-state index < -0.39 is 5.60 Å². The number of rotatable bonds is 3. The molecule has 6 heteroatoms. The standard InChI is InChI=1S/C18H27N5O.C6H6/c1-11-5-6-22(9-11)14-7-12(2)16-20-17(21-23(16)10-14)18(24-4)8-13(3)15(18)19;1-2-4-6-5-3-1/h7,10-11,13,15H,5-6,8-9,19H2,1-4H3;1-6H. The molecule has 1 aromatic carbocycles. The van der Waals surface area contributed by atoms with Crippen molar-refractivity contribution in [3.05, 3.63) is 60.0 Å². The van der Waals surface area contributed by atoms with Gasteiger partial charge in [-0.15, -0.1) is 5.10 Å². The van der Waals surface area contributed by atoms with Gasteiger partial charge in [0, 0.05) is 26.2 Å². The Bertz CT molecular complexity index is 961. The van der Waals surface area contributed by atoms with Crippen LogP contribution in [0.3, 0.4) is 0 Å². The molecule has 0 bridgehead atoms. The number of nitrogens with two attached hydrogens (primary N) is 1. The van der Waals surface area contributed by atoms with Crippen molar-refractivity contribution < 1.29 is 4.74 Å². The Labute approximate surface area is 179 Å².